The third kappa shape index (κ3) is 3.29. The highest BCUT2D eigenvalue weighted by atomic mass is 15.2. The molecule has 0 fully saturated rings. The van der Waals surface area contributed by atoms with Gasteiger partial charge >= 0.3 is 0 Å². The molecule has 0 bridgehead atoms. The Morgan fingerprint density at radius 3 is 2.58 bits per heavy atom. The highest BCUT2D eigenvalue weighted by Gasteiger charge is 2.13. The van der Waals surface area contributed by atoms with Crippen LogP contribution >= 0.6 is 0 Å². The molecule has 4 heteroatoms. The van der Waals surface area contributed by atoms with Crippen LogP contribution < -0.4 is 10.6 Å². The van der Waals surface area contributed by atoms with E-state index in [1.54, 1.807) is 0 Å². The number of aromatic nitrogens is 2. The normalized spacial score (nSPS) is 12.2. The molecule has 19 heavy (non-hydrogen) atoms. The van der Waals surface area contributed by atoms with Crippen LogP contribution in [-0.2, 0) is 6.54 Å². The van der Waals surface area contributed by atoms with E-state index in [1.165, 1.54) is 5.56 Å². The van der Waals surface area contributed by atoms with E-state index < -0.39 is 0 Å². The quantitative estimate of drug-likeness (QED) is 0.893. The Hall–Kier alpha value is -1.94. The fourth-order valence-electron chi connectivity index (χ4n) is 2.07. The molecule has 2 heterocycles. The number of rotatable bonds is 5. The highest BCUT2D eigenvalue weighted by molar-refractivity contribution is 5.48. The summed E-state index contributed by atoms with van der Waals surface area (Å²) < 4.78 is 0. The standard InChI is InChI=1S/C15H20N4/c1-3-19(11-13-6-9-17-10-7-13)15-14(12(2)16)5-4-8-18-15/h4-10,12H,3,11,16H2,1-2H3/t12-/m1/s1. The van der Waals surface area contributed by atoms with Crippen LogP contribution in [0.2, 0.25) is 0 Å². The number of nitrogens with two attached hydrogens (primary N) is 1. The van der Waals surface area contributed by atoms with Crippen LogP contribution in [0.5, 0.6) is 0 Å². The van der Waals surface area contributed by atoms with E-state index in [2.05, 4.69) is 21.8 Å². The summed E-state index contributed by atoms with van der Waals surface area (Å²) in [5, 5.41) is 0. The van der Waals surface area contributed by atoms with Gasteiger partial charge in [0.2, 0.25) is 0 Å². The average Bonchev–Trinajstić information content (AvgIpc) is 2.46. The molecule has 0 aliphatic carbocycles. The zero-order valence-electron chi connectivity index (χ0n) is 11.5. The van der Waals surface area contributed by atoms with E-state index in [0.29, 0.717) is 0 Å². The summed E-state index contributed by atoms with van der Waals surface area (Å²) in [7, 11) is 0. The van der Waals surface area contributed by atoms with Gasteiger partial charge < -0.3 is 10.6 Å². The molecule has 0 amide bonds. The average molecular weight is 256 g/mol. The number of anilines is 1. The Morgan fingerprint density at radius 2 is 1.95 bits per heavy atom. The minimum Gasteiger partial charge on any atom is -0.352 e. The minimum atomic E-state index is -0.0183. The highest BCUT2D eigenvalue weighted by Crippen LogP contribution is 2.23. The molecule has 2 aromatic rings. The summed E-state index contributed by atoms with van der Waals surface area (Å²) in [5.74, 6) is 0.969. The van der Waals surface area contributed by atoms with Gasteiger partial charge in [-0.1, -0.05) is 6.07 Å². The summed E-state index contributed by atoms with van der Waals surface area (Å²) >= 11 is 0. The Balaban J connectivity index is 2.27. The van der Waals surface area contributed by atoms with E-state index in [9.17, 15) is 0 Å². The maximum absolute atomic E-state index is 6.02. The van der Waals surface area contributed by atoms with E-state index in [-0.39, 0.29) is 6.04 Å². The molecule has 0 radical (unpaired) electrons. The van der Waals surface area contributed by atoms with Gasteiger partial charge in [0.25, 0.3) is 0 Å². The Kier molecular flexibility index (Phi) is 4.47. The molecule has 0 aromatic carbocycles. The maximum Gasteiger partial charge on any atom is 0.133 e. The predicted octanol–water partition coefficient (Wildman–Crippen LogP) is 2.52. The van der Waals surface area contributed by atoms with E-state index in [1.807, 2.05) is 49.8 Å². The van der Waals surface area contributed by atoms with E-state index >= 15 is 0 Å². The number of hydrogen-bond donors (Lipinski definition) is 1. The first-order chi connectivity index (χ1) is 9.22. The third-order valence-electron chi connectivity index (χ3n) is 3.11. The van der Waals surface area contributed by atoms with Crippen LogP contribution in [0.4, 0.5) is 5.82 Å². The van der Waals surface area contributed by atoms with Crippen molar-refractivity contribution in [3.05, 3.63) is 54.0 Å². The lowest BCUT2D eigenvalue weighted by Gasteiger charge is -2.25. The zero-order chi connectivity index (χ0) is 13.7. The Labute approximate surface area is 114 Å². The first-order valence-corrected chi connectivity index (χ1v) is 6.56. The SMILES string of the molecule is CCN(Cc1ccncc1)c1ncccc1[C@@H](C)N. The van der Waals surface area contributed by atoms with E-state index in [4.69, 9.17) is 5.73 Å². The van der Waals surface area contributed by atoms with Crippen LogP contribution in [0.15, 0.2) is 42.9 Å². The first-order valence-electron chi connectivity index (χ1n) is 6.56. The van der Waals surface area contributed by atoms with Crippen molar-refractivity contribution < 1.29 is 0 Å². The molecule has 100 valence electrons. The molecule has 0 saturated carbocycles. The van der Waals surface area contributed by atoms with Crippen molar-refractivity contribution in [1.82, 2.24) is 9.97 Å². The summed E-state index contributed by atoms with van der Waals surface area (Å²) in [6.45, 7) is 5.82. The van der Waals surface area contributed by atoms with Gasteiger partial charge in [-0.25, -0.2) is 4.98 Å². The van der Waals surface area contributed by atoms with Gasteiger partial charge in [0, 0.05) is 43.3 Å². The molecule has 2 rings (SSSR count). The Morgan fingerprint density at radius 1 is 1.21 bits per heavy atom. The van der Waals surface area contributed by atoms with Crippen molar-refractivity contribution in [3.8, 4) is 0 Å². The molecule has 4 nitrogen and oxygen atoms in total. The molecule has 0 spiro atoms. The molecule has 2 aromatic heterocycles. The summed E-state index contributed by atoms with van der Waals surface area (Å²) in [6.07, 6.45) is 5.44. The number of hydrogen-bond acceptors (Lipinski definition) is 4. The molecule has 0 aliphatic heterocycles. The second kappa shape index (κ2) is 6.29. The van der Waals surface area contributed by atoms with Crippen molar-refractivity contribution in [1.29, 1.82) is 0 Å². The minimum absolute atomic E-state index is 0.0183. The van der Waals surface area contributed by atoms with Crippen LogP contribution in [-0.4, -0.2) is 16.5 Å². The smallest absolute Gasteiger partial charge is 0.133 e. The van der Waals surface area contributed by atoms with Gasteiger partial charge in [0.1, 0.15) is 5.82 Å². The molecular weight excluding hydrogens is 236 g/mol. The van der Waals surface area contributed by atoms with Crippen molar-refractivity contribution in [2.24, 2.45) is 5.73 Å². The third-order valence-corrected chi connectivity index (χ3v) is 3.11. The van der Waals surface area contributed by atoms with Crippen molar-refractivity contribution in [3.63, 3.8) is 0 Å². The van der Waals surface area contributed by atoms with Gasteiger partial charge in [-0.3, -0.25) is 4.98 Å². The van der Waals surface area contributed by atoms with Crippen LogP contribution in [0.25, 0.3) is 0 Å². The lowest BCUT2D eigenvalue weighted by molar-refractivity contribution is 0.761. The number of nitrogens with zero attached hydrogens (tertiary/aromatic N) is 3. The van der Waals surface area contributed by atoms with Gasteiger partial charge in [0.15, 0.2) is 0 Å². The lowest BCUT2D eigenvalue weighted by Crippen LogP contribution is -2.25. The molecule has 0 aliphatic rings. The first kappa shape index (κ1) is 13.5. The second-order valence-corrected chi connectivity index (χ2v) is 4.57. The molecular formula is C15H20N4. The molecule has 2 N–H and O–H groups in total. The summed E-state index contributed by atoms with van der Waals surface area (Å²) in [6, 6.07) is 8.01. The molecule has 0 unspecified atom stereocenters. The van der Waals surface area contributed by atoms with Gasteiger partial charge in [0.05, 0.1) is 0 Å². The zero-order valence-corrected chi connectivity index (χ0v) is 11.5. The summed E-state index contributed by atoms with van der Waals surface area (Å²) in [4.78, 5) is 10.8. The van der Waals surface area contributed by atoms with E-state index in [0.717, 1.165) is 24.5 Å². The van der Waals surface area contributed by atoms with Gasteiger partial charge in [-0.15, -0.1) is 0 Å². The Bertz CT molecular complexity index is 511. The van der Waals surface area contributed by atoms with Crippen LogP contribution in [0.1, 0.15) is 31.0 Å². The predicted molar refractivity (Wildman–Crippen MR) is 77.8 cm³/mol. The fourth-order valence-corrected chi connectivity index (χ4v) is 2.07. The lowest BCUT2D eigenvalue weighted by atomic mass is 10.1. The van der Waals surface area contributed by atoms with Crippen LogP contribution in [0.3, 0.4) is 0 Å². The topological polar surface area (TPSA) is 55.0 Å². The summed E-state index contributed by atoms with van der Waals surface area (Å²) in [5.41, 5.74) is 8.33. The fraction of sp³-hybridized carbons (Fsp3) is 0.333. The molecule has 1 atom stereocenters. The monoisotopic (exact) mass is 256 g/mol. The second-order valence-electron chi connectivity index (χ2n) is 4.57. The van der Waals surface area contributed by atoms with Gasteiger partial charge in [-0.2, -0.15) is 0 Å². The van der Waals surface area contributed by atoms with Crippen molar-refractivity contribution >= 4 is 5.82 Å². The van der Waals surface area contributed by atoms with Crippen molar-refractivity contribution in [2.75, 3.05) is 11.4 Å². The van der Waals surface area contributed by atoms with Crippen LogP contribution in [0, 0.1) is 0 Å². The maximum atomic E-state index is 6.02. The molecule has 0 saturated heterocycles. The largest absolute Gasteiger partial charge is 0.352 e. The van der Waals surface area contributed by atoms with Crippen molar-refractivity contribution in [2.45, 2.75) is 26.4 Å². The van der Waals surface area contributed by atoms with Gasteiger partial charge in [-0.05, 0) is 37.6 Å². The number of pyridine rings is 2.